The van der Waals surface area contributed by atoms with E-state index in [0.717, 1.165) is 12.8 Å². The third-order valence-corrected chi connectivity index (χ3v) is 4.21. The summed E-state index contributed by atoms with van der Waals surface area (Å²) in [6.07, 6.45) is 3.90. The molecule has 20 heavy (non-hydrogen) atoms. The average Bonchev–Trinajstić information content (AvgIpc) is 2.95. The maximum absolute atomic E-state index is 12.1. The molecule has 0 aliphatic carbocycles. The van der Waals surface area contributed by atoms with Crippen molar-refractivity contribution in [2.24, 2.45) is 11.7 Å². The number of hydrogen-bond acceptors (Lipinski definition) is 3. The molecule has 2 bridgehead atoms. The molecule has 7 heteroatoms. The topological polar surface area (TPSA) is 113 Å². The summed E-state index contributed by atoms with van der Waals surface area (Å²) in [6.45, 7) is 0.486. The molecule has 2 aliphatic rings. The molecule has 3 unspecified atom stereocenters. The molecule has 4 N–H and O–H groups in total. The third-order valence-electron chi connectivity index (χ3n) is 4.21. The van der Waals surface area contributed by atoms with Gasteiger partial charge in [-0.25, -0.2) is 4.79 Å². The lowest BCUT2D eigenvalue weighted by Gasteiger charge is -2.23. The van der Waals surface area contributed by atoms with E-state index >= 15 is 0 Å². The lowest BCUT2D eigenvalue weighted by atomic mass is 9.89. The van der Waals surface area contributed by atoms with Crippen LogP contribution < -0.4 is 11.1 Å². The number of rotatable bonds is 6. The number of amides is 3. The molecule has 7 nitrogen and oxygen atoms in total. The van der Waals surface area contributed by atoms with Crippen LogP contribution in [0.4, 0.5) is 4.79 Å². The summed E-state index contributed by atoms with van der Waals surface area (Å²) in [7, 11) is 0. The number of carboxylic acid groups (broad SMARTS) is 1. The number of aliphatic carboxylic acids is 1. The molecular weight excluding hydrogens is 262 g/mol. The Balaban J connectivity index is 1.76. The molecule has 0 aromatic rings. The number of nitrogens with two attached hydrogens (primary N) is 1. The number of unbranched alkanes of at least 4 members (excludes halogenated alkanes) is 1. The Morgan fingerprint density at radius 1 is 1.25 bits per heavy atom. The number of primary amides is 1. The quantitative estimate of drug-likeness (QED) is 0.608. The summed E-state index contributed by atoms with van der Waals surface area (Å²) in [6, 6.07) is -0.282. The molecule has 0 saturated carbocycles. The molecule has 0 radical (unpaired) electrons. The van der Waals surface area contributed by atoms with E-state index in [1.54, 1.807) is 4.90 Å². The van der Waals surface area contributed by atoms with Gasteiger partial charge in [0, 0.05) is 25.0 Å². The SMILES string of the molecule is NC(=O)CCCCNC(=O)N1C2CCC1C(C(=O)O)C2. The first kappa shape index (κ1) is 14.6. The molecule has 112 valence electrons. The van der Waals surface area contributed by atoms with Crippen molar-refractivity contribution < 1.29 is 19.5 Å². The van der Waals surface area contributed by atoms with Crippen LogP contribution in [-0.4, -0.2) is 46.5 Å². The normalized spacial score (nSPS) is 27.6. The van der Waals surface area contributed by atoms with Crippen molar-refractivity contribution in [2.75, 3.05) is 6.54 Å². The van der Waals surface area contributed by atoms with Gasteiger partial charge in [0.05, 0.1) is 5.92 Å². The molecule has 2 heterocycles. The second kappa shape index (κ2) is 6.11. The number of carbonyl (C=O) groups is 3. The first-order chi connectivity index (χ1) is 9.50. The molecule has 0 aromatic heterocycles. The fourth-order valence-electron chi connectivity index (χ4n) is 3.28. The van der Waals surface area contributed by atoms with Gasteiger partial charge in [-0.1, -0.05) is 0 Å². The zero-order chi connectivity index (χ0) is 14.7. The fraction of sp³-hybridized carbons (Fsp3) is 0.769. The number of nitrogens with one attached hydrogen (secondary N) is 1. The molecule has 3 atom stereocenters. The highest BCUT2D eigenvalue weighted by Crippen LogP contribution is 2.41. The Morgan fingerprint density at radius 2 is 2.00 bits per heavy atom. The summed E-state index contributed by atoms with van der Waals surface area (Å²) < 4.78 is 0. The predicted octanol–water partition coefficient (Wildman–Crippen LogP) is 0.289. The molecule has 2 rings (SSSR count). The maximum atomic E-state index is 12.1. The van der Waals surface area contributed by atoms with E-state index < -0.39 is 11.9 Å². The number of carbonyl (C=O) groups excluding carboxylic acids is 2. The van der Waals surface area contributed by atoms with E-state index in [-0.39, 0.29) is 24.0 Å². The van der Waals surface area contributed by atoms with Crippen LogP contribution in [0.1, 0.15) is 38.5 Å². The molecular formula is C13H21N3O4. The Morgan fingerprint density at radius 3 is 2.60 bits per heavy atom. The van der Waals surface area contributed by atoms with E-state index in [2.05, 4.69) is 5.32 Å². The standard InChI is InChI=1S/C13H21N3O4/c14-11(17)3-1-2-6-15-13(20)16-8-4-5-10(16)9(7-8)12(18)19/h8-10H,1-7H2,(H2,14,17)(H,15,20)(H,18,19). The molecule has 0 spiro atoms. The highest BCUT2D eigenvalue weighted by Gasteiger charge is 2.51. The van der Waals surface area contributed by atoms with Crippen LogP contribution >= 0.6 is 0 Å². The number of nitrogens with zero attached hydrogens (tertiary/aromatic N) is 1. The second-order valence-electron chi connectivity index (χ2n) is 5.54. The van der Waals surface area contributed by atoms with Gasteiger partial charge in [-0.15, -0.1) is 0 Å². The van der Waals surface area contributed by atoms with Gasteiger partial charge in [-0.05, 0) is 32.1 Å². The van der Waals surface area contributed by atoms with Crippen LogP contribution in [-0.2, 0) is 9.59 Å². The zero-order valence-corrected chi connectivity index (χ0v) is 11.4. The minimum Gasteiger partial charge on any atom is -0.481 e. The summed E-state index contributed by atoms with van der Waals surface area (Å²) in [5.74, 6) is -1.57. The van der Waals surface area contributed by atoms with Crippen molar-refractivity contribution in [3.8, 4) is 0 Å². The van der Waals surface area contributed by atoms with E-state index in [1.807, 2.05) is 0 Å². The van der Waals surface area contributed by atoms with Gasteiger partial charge in [0.1, 0.15) is 0 Å². The van der Waals surface area contributed by atoms with Crippen molar-refractivity contribution in [3.63, 3.8) is 0 Å². The van der Waals surface area contributed by atoms with Gasteiger partial charge in [-0.2, -0.15) is 0 Å². The zero-order valence-electron chi connectivity index (χ0n) is 11.4. The largest absolute Gasteiger partial charge is 0.481 e. The van der Waals surface area contributed by atoms with E-state index in [0.29, 0.717) is 32.2 Å². The lowest BCUT2D eigenvalue weighted by Crippen LogP contribution is -2.44. The Bertz CT molecular complexity index is 412. The van der Waals surface area contributed by atoms with Crippen molar-refractivity contribution >= 4 is 17.9 Å². The number of hydrogen-bond donors (Lipinski definition) is 3. The van der Waals surface area contributed by atoms with Crippen LogP contribution in [0.5, 0.6) is 0 Å². The number of carboxylic acids is 1. The van der Waals surface area contributed by atoms with E-state index in [9.17, 15) is 14.4 Å². The van der Waals surface area contributed by atoms with Gasteiger partial charge in [-0.3, -0.25) is 9.59 Å². The first-order valence-corrected chi connectivity index (χ1v) is 7.08. The molecule has 0 aromatic carbocycles. The summed E-state index contributed by atoms with van der Waals surface area (Å²) >= 11 is 0. The Labute approximate surface area is 117 Å². The van der Waals surface area contributed by atoms with Crippen LogP contribution in [0, 0.1) is 5.92 Å². The lowest BCUT2D eigenvalue weighted by molar-refractivity contribution is -0.142. The molecule has 3 amide bonds. The fourth-order valence-corrected chi connectivity index (χ4v) is 3.28. The minimum absolute atomic E-state index is 0.0618. The molecule has 2 saturated heterocycles. The average molecular weight is 283 g/mol. The van der Waals surface area contributed by atoms with Gasteiger partial charge in [0.15, 0.2) is 0 Å². The van der Waals surface area contributed by atoms with Crippen molar-refractivity contribution in [1.82, 2.24) is 10.2 Å². The second-order valence-corrected chi connectivity index (χ2v) is 5.54. The van der Waals surface area contributed by atoms with E-state index in [1.165, 1.54) is 0 Å². The van der Waals surface area contributed by atoms with Crippen LogP contribution in [0.3, 0.4) is 0 Å². The molecule has 2 fully saturated rings. The van der Waals surface area contributed by atoms with Gasteiger partial charge < -0.3 is 21.1 Å². The summed E-state index contributed by atoms with van der Waals surface area (Å²) in [5.41, 5.74) is 5.03. The number of urea groups is 1. The summed E-state index contributed by atoms with van der Waals surface area (Å²) in [4.78, 5) is 35.5. The van der Waals surface area contributed by atoms with Crippen molar-refractivity contribution in [1.29, 1.82) is 0 Å². The third kappa shape index (κ3) is 3.02. The van der Waals surface area contributed by atoms with Crippen LogP contribution in [0.2, 0.25) is 0 Å². The van der Waals surface area contributed by atoms with Gasteiger partial charge >= 0.3 is 12.0 Å². The highest BCUT2D eigenvalue weighted by molar-refractivity contribution is 5.79. The minimum atomic E-state index is -0.809. The smallest absolute Gasteiger partial charge is 0.317 e. The van der Waals surface area contributed by atoms with Crippen molar-refractivity contribution in [2.45, 2.75) is 50.6 Å². The summed E-state index contributed by atoms with van der Waals surface area (Å²) in [5, 5.41) is 11.9. The van der Waals surface area contributed by atoms with Crippen LogP contribution in [0.15, 0.2) is 0 Å². The predicted molar refractivity (Wildman–Crippen MR) is 70.8 cm³/mol. The van der Waals surface area contributed by atoms with Gasteiger partial charge in [0.2, 0.25) is 5.91 Å². The first-order valence-electron chi connectivity index (χ1n) is 7.08. The maximum Gasteiger partial charge on any atom is 0.317 e. The monoisotopic (exact) mass is 283 g/mol. The number of fused-ring (bicyclic) bond motifs is 2. The van der Waals surface area contributed by atoms with Crippen molar-refractivity contribution in [3.05, 3.63) is 0 Å². The van der Waals surface area contributed by atoms with Crippen LogP contribution in [0.25, 0.3) is 0 Å². The van der Waals surface area contributed by atoms with Gasteiger partial charge in [0.25, 0.3) is 0 Å². The molecule has 2 aliphatic heterocycles. The Kier molecular flexibility index (Phi) is 4.46. The van der Waals surface area contributed by atoms with E-state index in [4.69, 9.17) is 10.8 Å². The Hall–Kier alpha value is -1.79. The highest BCUT2D eigenvalue weighted by atomic mass is 16.4.